The molecule has 1 saturated carbocycles. The number of carbonyl (C=O) groups is 2. The van der Waals surface area contributed by atoms with E-state index in [1.54, 1.807) is 24.3 Å². The molecule has 0 spiro atoms. The van der Waals surface area contributed by atoms with Crippen molar-refractivity contribution in [1.29, 1.82) is 0 Å². The molecular formula is C21H30N2O3. The van der Waals surface area contributed by atoms with Gasteiger partial charge in [-0.05, 0) is 55.7 Å². The van der Waals surface area contributed by atoms with E-state index < -0.39 is 0 Å². The van der Waals surface area contributed by atoms with E-state index >= 15 is 0 Å². The Bertz CT molecular complexity index is 612. The SMILES string of the molecule is O=C(CCCC(=O)N1CCCC2CCCCC21)NCc1ccc(O)cc1. The van der Waals surface area contributed by atoms with Gasteiger partial charge >= 0.3 is 0 Å². The number of carbonyl (C=O) groups excluding carboxylic acids is 2. The number of phenols is 1. The minimum Gasteiger partial charge on any atom is -0.508 e. The smallest absolute Gasteiger partial charge is 0.222 e. The van der Waals surface area contributed by atoms with Crippen LogP contribution in [0, 0.1) is 5.92 Å². The summed E-state index contributed by atoms with van der Waals surface area (Å²) in [4.78, 5) is 26.7. The molecule has 2 N–H and O–H groups in total. The summed E-state index contributed by atoms with van der Waals surface area (Å²) < 4.78 is 0. The Hall–Kier alpha value is -2.04. The standard InChI is InChI=1S/C21H30N2O3/c24-18-12-10-16(11-13-18)15-22-20(25)8-3-9-21(26)23-14-4-6-17-5-1-2-7-19(17)23/h10-13,17,19,24H,1-9,14-15H2,(H,22,25). The zero-order chi connectivity index (χ0) is 18.4. The van der Waals surface area contributed by atoms with E-state index in [2.05, 4.69) is 10.2 Å². The molecule has 26 heavy (non-hydrogen) atoms. The average Bonchev–Trinajstić information content (AvgIpc) is 2.67. The largest absolute Gasteiger partial charge is 0.508 e. The molecule has 0 aromatic heterocycles. The van der Waals surface area contributed by atoms with Gasteiger partial charge in [0.1, 0.15) is 5.75 Å². The van der Waals surface area contributed by atoms with Crippen LogP contribution in [0.5, 0.6) is 5.75 Å². The lowest BCUT2D eigenvalue weighted by molar-refractivity contribution is -0.137. The third kappa shape index (κ3) is 4.99. The number of aromatic hydroxyl groups is 1. The van der Waals surface area contributed by atoms with Gasteiger partial charge in [0.25, 0.3) is 0 Å². The van der Waals surface area contributed by atoms with Gasteiger partial charge in [0, 0.05) is 32.0 Å². The molecule has 1 heterocycles. The van der Waals surface area contributed by atoms with Crippen molar-refractivity contribution in [1.82, 2.24) is 10.2 Å². The maximum absolute atomic E-state index is 12.6. The molecule has 0 radical (unpaired) electrons. The molecule has 3 rings (SSSR count). The van der Waals surface area contributed by atoms with Gasteiger partial charge in [-0.25, -0.2) is 0 Å². The molecule has 2 fully saturated rings. The number of nitrogens with one attached hydrogen (secondary N) is 1. The van der Waals surface area contributed by atoms with Gasteiger partial charge in [-0.1, -0.05) is 25.0 Å². The van der Waals surface area contributed by atoms with Crippen LogP contribution in [-0.4, -0.2) is 34.4 Å². The minimum atomic E-state index is -0.0277. The number of likely N-dealkylation sites (tertiary alicyclic amines) is 1. The third-order valence-electron chi connectivity index (χ3n) is 5.78. The second-order valence-corrected chi connectivity index (χ2v) is 7.64. The molecule has 2 atom stereocenters. The summed E-state index contributed by atoms with van der Waals surface area (Å²) in [5.41, 5.74) is 0.948. The highest BCUT2D eigenvalue weighted by molar-refractivity contribution is 5.79. The van der Waals surface area contributed by atoms with Gasteiger partial charge in [-0.2, -0.15) is 0 Å². The monoisotopic (exact) mass is 358 g/mol. The number of hydrogen-bond acceptors (Lipinski definition) is 3. The fourth-order valence-electron chi connectivity index (χ4n) is 4.38. The van der Waals surface area contributed by atoms with Crippen molar-refractivity contribution in [3.8, 4) is 5.75 Å². The molecule has 5 nitrogen and oxygen atoms in total. The maximum Gasteiger partial charge on any atom is 0.222 e. The highest BCUT2D eigenvalue weighted by Gasteiger charge is 2.35. The lowest BCUT2D eigenvalue weighted by Crippen LogP contribution is -2.49. The third-order valence-corrected chi connectivity index (χ3v) is 5.78. The van der Waals surface area contributed by atoms with E-state index in [9.17, 15) is 14.7 Å². The lowest BCUT2D eigenvalue weighted by atomic mass is 9.78. The van der Waals surface area contributed by atoms with Crippen molar-refractivity contribution in [2.75, 3.05) is 6.54 Å². The molecule has 2 aliphatic rings. The summed E-state index contributed by atoms with van der Waals surface area (Å²) in [6, 6.07) is 7.24. The van der Waals surface area contributed by atoms with Gasteiger partial charge < -0.3 is 15.3 Å². The Balaban J connectivity index is 1.37. The number of phenolic OH excluding ortho intramolecular Hbond substituents is 1. The van der Waals surface area contributed by atoms with Crippen molar-refractivity contribution in [3.05, 3.63) is 29.8 Å². The predicted octanol–water partition coefficient (Wildman–Crippen LogP) is 3.36. The van der Waals surface area contributed by atoms with Crippen LogP contribution in [0.1, 0.15) is 63.4 Å². The second-order valence-electron chi connectivity index (χ2n) is 7.64. The van der Waals surface area contributed by atoms with Gasteiger partial charge in [0.05, 0.1) is 0 Å². The summed E-state index contributed by atoms with van der Waals surface area (Å²) in [5, 5.41) is 12.1. The van der Waals surface area contributed by atoms with Crippen LogP contribution in [0.2, 0.25) is 0 Å². The van der Waals surface area contributed by atoms with Crippen LogP contribution in [0.4, 0.5) is 0 Å². The van der Waals surface area contributed by atoms with Gasteiger partial charge in [0.2, 0.25) is 11.8 Å². The van der Waals surface area contributed by atoms with Gasteiger partial charge in [0.15, 0.2) is 0 Å². The van der Waals surface area contributed by atoms with Crippen LogP contribution in [0.25, 0.3) is 0 Å². The molecule has 1 aromatic rings. The number of nitrogens with zero attached hydrogens (tertiary/aromatic N) is 1. The topological polar surface area (TPSA) is 69.6 Å². The summed E-state index contributed by atoms with van der Waals surface area (Å²) in [7, 11) is 0. The first-order chi connectivity index (χ1) is 12.6. The highest BCUT2D eigenvalue weighted by Crippen LogP contribution is 2.35. The molecule has 5 heteroatoms. The number of piperidine rings is 1. The number of hydrogen-bond donors (Lipinski definition) is 2. The first-order valence-electron chi connectivity index (χ1n) is 9.97. The summed E-state index contributed by atoms with van der Waals surface area (Å²) in [6.45, 7) is 1.34. The molecule has 2 unspecified atom stereocenters. The summed E-state index contributed by atoms with van der Waals surface area (Å²) in [6.07, 6.45) is 8.83. The van der Waals surface area contributed by atoms with Crippen LogP contribution in [0.15, 0.2) is 24.3 Å². The van der Waals surface area contributed by atoms with Gasteiger partial charge in [-0.3, -0.25) is 9.59 Å². The second kappa shape index (κ2) is 9.06. The molecule has 1 aliphatic heterocycles. The molecule has 1 saturated heterocycles. The number of rotatable bonds is 6. The molecule has 0 bridgehead atoms. The van der Waals surface area contributed by atoms with Crippen LogP contribution in [0.3, 0.4) is 0 Å². The van der Waals surface area contributed by atoms with E-state index in [0.29, 0.717) is 37.8 Å². The van der Waals surface area contributed by atoms with Gasteiger partial charge in [-0.15, -0.1) is 0 Å². The molecule has 142 valence electrons. The predicted molar refractivity (Wildman–Crippen MR) is 100 cm³/mol. The quantitative estimate of drug-likeness (QED) is 0.819. The Morgan fingerprint density at radius 1 is 1.04 bits per heavy atom. The number of benzene rings is 1. The molecule has 2 amide bonds. The lowest BCUT2D eigenvalue weighted by Gasteiger charge is -2.44. The Morgan fingerprint density at radius 3 is 2.58 bits per heavy atom. The first kappa shape index (κ1) is 18.7. The van der Waals surface area contributed by atoms with Crippen LogP contribution in [-0.2, 0) is 16.1 Å². The zero-order valence-corrected chi connectivity index (χ0v) is 15.5. The Morgan fingerprint density at radius 2 is 1.77 bits per heavy atom. The Labute approximate surface area is 155 Å². The van der Waals surface area contributed by atoms with Crippen molar-refractivity contribution in [2.45, 2.75) is 70.4 Å². The fraction of sp³-hybridized carbons (Fsp3) is 0.619. The van der Waals surface area contributed by atoms with Crippen LogP contribution < -0.4 is 5.32 Å². The normalized spacial score (nSPS) is 22.5. The van der Waals surface area contributed by atoms with Crippen LogP contribution >= 0.6 is 0 Å². The molecule has 1 aromatic carbocycles. The zero-order valence-electron chi connectivity index (χ0n) is 15.5. The van der Waals surface area contributed by atoms with E-state index in [1.807, 2.05) is 0 Å². The van der Waals surface area contributed by atoms with E-state index in [1.165, 1.54) is 25.7 Å². The van der Waals surface area contributed by atoms with E-state index in [-0.39, 0.29) is 17.6 Å². The number of amides is 2. The Kier molecular flexibility index (Phi) is 6.53. The number of fused-ring (bicyclic) bond motifs is 1. The average molecular weight is 358 g/mol. The molecular weight excluding hydrogens is 328 g/mol. The van der Waals surface area contributed by atoms with E-state index in [0.717, 1.165) is 24.9 Å². The first-order valence-corrected chi connectivity index (χ1v) is 9.97. The van der Waals surface area contributed by atoms with Crippen molar-refractivity contribution >= 4 is 11.8 Å². The van der Waals surface area contributed by atoms with Crippen molar-refractivity contribution < 1.29 is 14.7 Å². The maximum atomic E-state index is 12.6. The molecule has 1 aliphatic carbocycles. The summed E-state index contributed by atoms with van der Waals surface area (Å²) in [5.74, 6) is 1.12. The highest BCUT2D eigenvalue weighted by atomic mass is 16.3. The minimum absolute atomic E-state index is 0.0277. The van der Waals surface area contributed by atoms with E-state index in [4.69, 9.17) is 0 Å². The fourth-order valence-corrected chi connectivity index (χ4v) is 4.38. The van der Waals surface area contributed by atoms with Crippen molar-refractivity contribution in [3.63, 3.8) is 0 Å². The summed E-state index contributed by atoms with van der Waals surface area (Å²) >= 11 is 0. The van der Waals surface area contributed by atoms with Crippen molar-refractivity contribution in [2.24, 2.45) is 5.92 Å².